The monoisotopic (exact) mass is 370 g/mol. The van der Waals surface area contributed by atoms with Crippen LogP contribution >= 0.6 is 0 Å². The summed E-state index contributed by atoms with van der Waals surface area (Å²) in [6.07, 6.45) is 1.63. The quantitative estimate of drug-likeness (QED) is 0.494. The number of aromatic nitrogens is 1. The van der Waals surface area contributed by atoms with Crippen molar-refractivity contribution < 1.29 is 24.9 Å². The van der Waals surface area contributed by atoms with Gasteiger partial charge in [0.2, 0.25) is 0 Å². The van der Waals surface area contributed by atoms with Gasteiger partial charge in [0.15, 0.2) is 0 Å². The van der Waals surface area contributed by atoms with Gasteiger partial charge in [-0.2, -0.15) is 0 Å². The number of aliphatic hydroxyl groups excluding tert-OH is 1. The van der Waals surface area contributed by atoms with Gasteiger partial charge in [0.25, 0.3) is 0 Å². The summed E-state index contributed by atoms with van der Waals surface area (Å²) in [5.41, 5.74) is 2.40. The summed E-state index contributed by atoms with van der Waals surface area (Å²) >= 11 is 0. The van der Waals surface area contributed by atoms with Crippen molar-refractivity contribution in [2.45, 2.75) is 19.2 Å². The Labute approximate surface area is 156 Å². The number of carboxylic acids is 2. The van der Waals surface area contributed by atoms with Gasteiger partial charge in [-0.05, 0) is 23.1 Å². The first-order valence-electron chi connectivity index (χ1n) is 8.40. The summed E-state index contributed by atoms with van der Waals surface area (Å²) < 4.78 is 2.10. The highest BCUT2D eigenvalue weighted by Crippen LogP contribution is 2.15. The molecule has 142 valence electrons. The highest BCUT2D eigenvalue weighted by Gasteiger charge is 2.07. The summed E-state index contributed by atoms with van der Waals surface area (Å²) in [5.74, 6) is -3.65. The number of hydrogen-bond donors (Lipinski definition) is 4. The first-order chi connectivity index (χ1) is 13.0. The van der Waals surface area contributed by atoms with Gasteiger partial charge in [-0.25, -0.2) is 9.59 Å². The van der Waals surface area contributed by atoms with Crippen LogP contribution < -0.4 is 5.32 Å². The molecule has 7 nitrogen and oxygen atoms in total. The SMILES string of the molecule is O=C(O)C(=O)O.OC(CNCc1ccccc1)Cn1ccc2ccccc21. The van der Waals surface area contributed by atoms with E-state index in [-0.39, 0.29) is 0 Å². The molecule has 0 amide bonds. The summed E-state index contributed by atoms with van der Waals surface area (Å²) in [6.45, 7) is 1.97. The molecule has 3 aromatic rings. The van der Waals surface area contributed by atoms with Crippen molar-refractivity contribution in [2.75, 3.05) is 6.54 Å². The molecule has 0 radical (unpaired) electrons. The van der Waals surface area contributed by atoms with E-state index in [0.29, 0.717) is 13.1 Å². The topological polar surface area (TPSA) is 112 Å². The van der Waals surface area contributed by atoms with E-state index >= 15 is 0 Å². The van der Waals surface area contributed by atoms with Crippen molar-refractivity contribution in [1.82, 2.24) is 9.88 Å². The van der Waals surface area contributed by atoms with Crippen LogP contribution in [0.2, 0.25) is 0 Å². The maximum absolute atomic E-state index is 10.2. The number of nitrogens with one attached hydrogen (secondary N) is 1. The van der Waals surface area contributed by atoms with E-state index in [9.17, 15) is 5.11 Å². The fourth-order valence-corrected chi connectivity index (χ4v) is 2.57. The molecule has 0 saturated carbocycles. The van der Waals surface area contributed by atoms with Crippen LogP contribution in [0.15, 0.2) is 66.9 Å². The Kier molecular flexibility index (Phi) is 7.54. The number of aliphatic hydroxyl groups is 1. The first-order valence-corrected chi connectivity index (χ1v) is 8.40. The van der Waals surface area contributed by atoms with Gasteiger partial charge in [-0.1, -0.05) is 48.5 Å². The van der Waals surface area contributed by atoms with E-state index in [1.54, 1.807) is 0 Å². The Morgan fingerprint density at radius 1 is 0.926 bits per heavy atom. The Bertz CT molecular complexity index is 864. The van der Waals surface area contributed by atoms with Crippen molar-refractivity contribution in [3.63, 3.8) is 0 Å². The molecular weight excluding hydrogens is 348 g/mol. The van der Waals surface area contributed by atoms with Crippen LogP contribution in [-0.4, -0.2) is 44.5 Å². The minimum Gasteiger partial charge on any atom is -0.473 e. The van der Waals surface area contributed by atoms with Gasteiger partial charge >= 0.3 is 11.9 Å². The molecule has 27 heavy (non-hydrogen) atoms. The number of carboxylic acid groups (broad SMARTS) is 2. The highest BCUT2D eigenvalue weighted by molar-refractivity contribution is 6.27. The zero-order valence-corrected chi connectivity index (χ0v) is 14.7. The van der Waals surface area contributed by atoms with Crippen LogP contribution in [-0.2, 0) is 22.7 Å². The first kappa shape index (κ1) is 20.2. The van der Waals surface area contributed by atoms with Crippen molar-refractivity contribution in [2.24, 2.45) is 0 Å². The average molecular weight is 370 g/mol. The van der Waals surface area contributed by atoms with E-state index < -0.39 is 18.0 Å². The fraction of sp³-hybridized carbons (Fsp3) is 0.200. The molecule has 0 fully saturated rings. The number of benzene rings is 2. The van der Waals surface area contributed by atoms with E-state index in [0.717, 1.165) is 6.54 Å². The molecule has 0 aliphatic carbocycles. The van der Waals surface area contributed by atoms with Crippen LogP contribution in [0.5, 0.6) is 0 Å². The second-order valence-electron chi connectivity index (χ2n) is 5.91. The summed E-state index contributed by atoms with van der Waals surface area (Å²) in [5, 5.41) is 29.5. The molecule has 0 saturated heterocycles. The normalized spacial score (nSPS) is 11.4. The maximum atomic E-state index is 10.2. The van der Waals surface area contributed by atoms with Crippen LogP contribution in [0.25, 0.3) is 10.9 Å². The van der Waals surface area contributed by atoms with Gasteiger partial charge < -0.3 is 25.2 Å². The molecule has 4 N–H and O–H groups in total. The molecular formula is C20H22N2O5. The third-order valence-electron chi connectivity index (χ3n) is 3.82. The average Bonchev–Trinajstić information content (AvgIpc) is 3.06. The highest BCUT2D eigenvalue weighted by atomic mass is 16.4. The van der Waals surface area contributed by atoms with Crippen LogP contribution in [0.4, 0.5) is 0 Å². The van der Waals surface area contributed by atoms with Crippen molar-refractivity contribution in [1.29, 1.82) is 0 Å². The summed E-state index contributed by atoms with van der Waals surface area (Å²) in [6, 6.07) is 20.5. The lowest BCUT2D eigenvalue weighted by Crippen LogP contribution is -2.29. The van der Waals surface area contributed by atoms with Crippen molar-refractivity contribution in [3.8, 4) is 0 Å². The van der Waals surface area contributed by atoms with Crippen molar-refractivity contribution >= 4 is 22.8 Å². The van der Waals surface area contributed by atoms with E-state index in [1.807, 2.05) is 36.5 Å². The van der Waals surface area contributed by atoms with E-state index in [1.165, 1.54) is 16.5 Å². The standard InChI is InChI=1S/C18H20N2O.C2H2O4/c21-17(13-19-12-15-6-2-1-3-7-15)14-20-11-10-16-8-4-5-9-18(16)20;3-1(4)2(5)6/h1-11,17,19,21H,12-14H2;(H,3,4)(H,5,6). The predicted octanol–water partition coefficient (Wildman–Crippen LogP) is 1.95. The molecule has 2 aromatic carbocycles. The largest absolute Gasteiger partial charge is 0.473 e. The lowest BCUT2D eigenvalue weighted by atomic mass is 10.2. The zero-order valence-electron chi connectivity index (χ0n) is 14.7. The summed E-state index contributed by atoms with van der Waals surface area (Å²) in [7, 11) is 0. The van der Waals surface area contributed by atoms with E-state index in [2.05, 4.69) is 40.2 Å². The van der Waals surface area contributed by atoms with Crippen LogP contribution in [0.3, 0.4) is 0 Å². The molecule has 0 bridgehead atoms. The second kappa shape index (κ2) is 10.1. The molecule has 1 heterocycles. The third-order valence-corrected chi connectivity index (χ3v) is 3.82. The van der Waals surface area contributed by atoms with Gasteiger partial charge in [0.1, 0.15) is 0 Å². The van der Waals surface area contributed by atoms with E-state index in [4.69, 9.17) is 19.8 Å². The number of carbonyl (C=O) groups is 2. The predicted molar refractivity (Wildman–Crippen MR) is 101 cm³/mol. The van der Waals surface area contributed by atoms with Gasteiger partial charge in [-0.15, -0.1) is 0 Å². The molecule has 0 spiro atoms. The lowest BCUT2D eigenvalue weighted by Gasteiger charge is -2.14. The summed E-state index contributed by atoms with van der Waals surface area (Å²) in [4.78, 5) is 18.2. The van der Waals surface area contributed by atoms with Crippen LogP contribution in [0.1, 0.15) is 5.56 Å². The smallest absolute Gasteiger partial charge is 0.414 e. The number of nitrogens with zero attached hydrogens (tertiary/aromatic N) is 1. The number of para-hydroxylation sites is 1. The van der Waals surface area contributed by atoms with Crippen molar-refractivity contribution in [3.05, 3.63) is 72.4 Å². The lowest BCUT2D eigenvalue weighted by molar-refractivity contribution is -0.159. The fourth-order valence-electron chi connectivity index (χ4n) is 2.57. The molecule has 1 unspecified atom stereocenters. The molecule has 0 aliphatic heterocycles. The minimum atomic E-state index is -1.82. The Morgan fingerprint density at radius 2 is 1.56 bits per heavy atom. The number of rotatable bonds is 6. The molecule has 1 atom stereocenters. The number of fused-ring (bicyclic) bond motifs is 1. The molecule has 0 aliphatic rings. The van der Waals surface area contributed by atoms with Crippen LogP contribution in [0, 0.1) is 0 Å². The molecule has 1 aromatic heterocycles. The zero-order chi connectivity index (χ0) is 19.6. The van der Waals surface area contributed by atoms with Gasteiger partial charge in [0, 0.05) is 31.3 Å². The van der Waals surface area contributed by atoms with Gasteiger partial charge in [0.05, 0.1) is 6.10 Å². The Hall–Kier alpha value is -3.16. The third kappa shape index (κ3) is 6.58. The van der Waals surface area contributed by atoms with Gasteiger partial charge in [-0.3, -0.25) is 0 Å². The molecule has 7 heteroatoms. The minimum absolute atomic E-state index is 0.399. The maximum Gasteiger partial charge on any atom is 0.414 e. The molecule has 3 rings (SSSR count). The Morgan fingerprint density at radius 3 is 2.22 bits per heavy atom. The Balaban J connectivity index is 0.000000380. The number of aliphatic carboxylic acids is 2. The number of hydrogen-bond acceptors (Lipinski definition) is 4. The second-order valence-corrected chi connectivity index (χ2v) is 5.91.